The van der Waals surface area contributed by atoms with Crippen LogP contribution in [0, 0.1) is 12.7 Å². The van der Waals surface area contributed by atoms with Crippen molar-refractivity contribution in [3.8, 4) is 0 Å². The van der Waals surface area contributed by atoms with E-state index in [1.807, 2.05) is 61.5 Å². The number of sulfonamides is 1. The van der Waals surface area contributed by atoms with Crippen molar-refractivity contribution in [2.75, 3.05) is 23.7 Å². The van der Waals surface area contributed by atoms with Gasteiger partial charge < -0.3 is 10.2 Å². The van der Waals surface area contributed by atoms with E-state index in [9.17, 15) is 22.4 Å². The van der Waals surface area contributed by atoms with Gasteiger partial charge in [-0.25, -0.2) is 12.8 Å². The topological polar surface area (TPSA) is 86.8 Å². The zero-order valence-electron chi connectivity index (χ0n) is 21.2. The average Bonchev–Trinajstić information content (AvgIpc) is 2.86. The summed E-state index contributed by atoms with van der Waals surface area (Å²) < 4.78 is 40.6. The molecule has 37 heavy (non-hydrogen) atoms. The van der Waals surface area contributed by atoms with E-state index in [1.54, 1.807) is 6.92 Å². The van der Waals surface area contributed by atoms with Crippen molar-refractivity contribution in [2.45, 2.75) is 32.9 Å². The lowest BCUT2D eigenvalue weighted by atomic mass is 10.0. The van der Waals surface area contributed by atoms with Crippen LogP contribution < -0.4 is 9.62 Å². The van der Waals surface area contributed by atoms with Gasteiger partial charge in [-0.05, 0) is 37.1 Å². The molecule has 0 aromatic heterocycles. The number of nitrogens with one attached hydrogen (secondary N) is 1. The Labute approximate surface area is 218 Å². The number of benzene rings is 3. The van der Waals surface area contributed by atoms with Crippen molar-refractivity contribution >= 4 is 27.5 Å². The molecule has 0 aliphatic heterocycles. The fourth-order valence-electron chi connectivity index (χ4n) is 3.98. The van der Waals surface area contributed by atoms with Gasteiger partial charge in [-0.15, -0.1) is 0 Å². The van der Waals surface area contributed by atoms with E-state index in [4.69, 9.17) is 0 Å². The quantitative estimate of drug-likeness (QED) is 0.414. The smallest absolute Gasteiger partial charge is 0.244 e. The first kappa shape index (κ1) is 27.9. The van der Waals surface area contributed by atoms with Crippen LogP contribution >= 0.6 is 0 Å². The molecule has 3 aromatic carbocycles. The van der Waals surface area contributed by atoms with Crippen LogP contribution in [0.3, 0.4) is 0 Å². The highest BCUT2D eigenvalue weighted by Crippen LogP contribution is 2.23. The number of para-hydroxylation sites is 1. The maximum atomic E-state index is 14.6. The zero-order valence-corrected chi connectivity index (χ0v) is 22.0. The van der Waals surface area contributed by atoms with Gasteiger partial charge in [0.15, 0.2) is 0 Å². The van der Waals surface area contributed by atoms with E-state index in [0.29, 0.717) is 6.54 Å². The van der Waals surface area contributed by atoms with Gasteiger partial charge in [-0.3, -0.25) is 13.9 Å². The van der Waals surface area contributed by atoms with Crippen LogP contribution in [0.5, 0.6) is 0 Å². The van der Waals surface area contributed by atoms with E-state index >= 15 is 0 Å². The van der Waals surface area contributed by atoms with E-state index in [0.717, 1.165) is 33.3 Å². The molecule has 0 aliphatic carbocycles. The Bertz CT molecular complexity index is 1310. The van der Waals surface area contributed by atoms with Crippen LogP contribution in [-0.2, 0) is 32.6 Å². The number of halogens is 1. The maximum Gasteiger partial charge on any atom is 0.244 e. The molecule has 0 aliphatic rings. The molecule has 0 saturated heterocycles. The largest absolute Gasteiger partial charge is 0.355 e. The molecular weight excluding hydrogens is 493 g/mol. The van der Waals surface area contributed by atoms with Crippen molar-refractivity contribution in [3.63, 3.8) is 0 Å². The number of anilines is 1. The summed E-state index contributed by atoms with van der Waals surface area (Å²) in [6, 6.07) is 21.3. The third kappa shape index (κ3) is 7.63. The molecule has 0 fully saturated rings. The van der Waals surface area contributed by atoms with Crippen molar-refractivity contribution < 1.29 is 22.4 Å². The minimum Gasteiger partial charge on any atom is -0.355 e. The number of hydrogen-bond donors (Lipinski definition) is 1. The molecule has 9 heteroatoms. The summed E-state index contributed by atoms with van der Waals surface area (Å²) in [5, 5.41) is 2.80. The minimum absolute atomic E-state index is 0.0720. The molecule has 0 heterocycles. The summed E-state index contributed by atoms with van der Waals surface area (Å²) in [6.45, 7) is 3.51. The second-order valence-electron chi connectivity index (χ2n) is 8.83. The molecule has 0 radical (unpaired) electrons. The predicted octanol–water partition coefficient (Wildman–Crippen LogP) is 3.68. The second-order valence-corrected chi connectivity index (χ2v) is 10.7. The summed E-state index contributed by atoms with van der Waals surface area (Å²) in [6.07, 6.45) is 1.14. The number of rotatable bonds is 11. The number of hydrogen-bond acceptors (Lipinski definition) is 4. The van der Waals surface area contributed by atoms with Crippen LogP contribution in [0.2, 0.25) is 0 Å². The highest BCUT2D eigenvalue weighted by molar-refractivity contribution is 7.92. The highest BCUT2D eigenvalue weighted by atomic mass is 32.2. The normalized spacial score (nSPS) is 12.0. The van der Waals surface area contributed by atoms with Crippen molar-refractivity contribution in [2.24, 2.45) is 0 Å². The zero-order chi connectivity index (χ0) is 27.0. The predicted molar refractivity (Wildman–Crippen MR) is 143 cm³/mol. The summed E-state index contributed by atoms with van der Waals surface area (Å²) in [7, 11) is -4.02. The summed E-state index contributed by atoms with van der Waals surface area (Å²) in [4.78, 5) is 28.4. The summed E-state index contributed by atoms with van der Waals surface area (Å²) in [5.41, 5.74) is 2.42. The van der Waals surface area contributed by atoms with Gasteiger partial charge in [-0.1, -0.05) is 72.3 Å². The van der Waals surface area contributed by atoms with Gasteiger partial charge in [0, 0.05) is 19.5 Å². The standard InChI is InChI=1S/C28H32FN3O4S/c1-4-30-28(34)26(18-22-10-6-5-7-11-22)31(19-23-16-14-21(2)15-17-23)27(33)20-32(37(3,35)36)25-13-9-8-12-24(25)29/h5-17,26H,4,18-20H2,1-3H3,(H,30,34)/t26-/m1/s1. The lowest BCUT2D eigenvalue weighted by Gasteiger charge is -2.33. The Hall–Kier alpha value is -3.72. The summed E-state index contributed by atoms with van der Waals surface area (Å²) >= 11 is 0. The molecule has 7 nitrogen and oxygen atoms in total. The molecule has 3 aromatic rings. The Balaban J connectivity index is 2.04. The Kier molecular flexibility index (Phi) is 9.41. The third-order valence-electron chi connectivity index (χ3n) is 5.90. The first-order valence-electron chi connectivity index (χ1n) is 12.0. The van der Waals surface area contributed by atoms with Crippen molar-refractivity contribution in [1.82, 2.24) is 10.2 Å². The molecule has 1 atom stereocenters. The van der Waals surface area contributed by atoms with E-state index in [2.05, 4.69) is 5.32 Å². The Morgan fingerprint density at radius 1 is 0.919 bits per heavy atom. The van der Waals surface area contributed by atoms with Crippen molar-refractivity contribution in [1.29, 1.82) is 0 Å². The monoisotopic (exact) mass is 525 g/mol. The van der Waals surface area contributed by atoms with Gasteiger partial charge in [0.05, 0.1) is 11.9 Å². The van der Waals surface area contributed by atoms with Crippen LogP contribution in [0.15, 0.2) is 78.9 Å². The van der Waals surface area contributed by atoms with Gasteiger partial charge in [-0.2, -0.15) is 0 Å². The first-order chi connectivity index (χ1) is 17.6. The SMILES string of the molecule is CCNC(=O)[C@@H](Cc1ccccc1)N(Cc1ccc(C)cc1)C(=O)CN(c1ccccc1F)S(C)(=O)=O. The molecule has 0 bridgehead atoms. The van der Waals surface area contributed by atoms with Crippen molar-refractivity contribution in [3.05, 3.63) is 101 Å². The number of likely N-dealkylation sites (N-methyl/N-ethyl adjacent to an activating group) is 1. The van der Waals surface area contributed by atoms with E-state index in [1.165, 1.54) is 23.1 Å². The van der Waals surface area contributed by atoms with Crippen LogP contribution in [0.4, 0.5) is 10.1 Å². The molecule has 0 spiro atoms. The molecule has 1 N–H and O–H groups in total. The average molecular weight is 526 g/mol. The van der Waals surface area contributed by atoms with Crippen LogP contribution in [0.25, 0.3) is 0 Å². The first-order valence-corrected chi connectivity index (χ1v) is 13.8. The van der Waals surface area contributed by atoms with E-state index in [-0.39, 0.29) is 24.6 Å². The van der Waals surface area contributed by atoms with Gasteiger partial charge in [0.25, 0.3) is 0 Å². The number of carbonyl (C=O) groups is 2. The van der Waals surface area contributed by atoms with Gasteiger partial charge >= 0.3 is 0 Å². The lowest BCUT2D eigenvalue weighted by Crippen LogP contribution is -2.53. The number of nitrogens with zero attached hydrogens (tertiary/aromatic N) is 2. The number of amides is 2. The molecule has 2 amide bonds. The summed E-state index contributed by atoms with van der Waals surface area (Å²) in [5.74, 6) is -1.75. The Morgan fingerprint density at radius 3 is 2.14 bits per heavy atom. The Morgan fingerprint density at radius 2 is 1.54 bits per heavy atom. The number of aryl methyl sites for hydroxylation is 1. The lowest BCUT2D eigenvalue weighted by molar-refractivity contribution is -0.140. The molecular formula is C28H32FN3O4S. The molecule has 0 unspecified atom stereocenters. The molecule has 0 saturated carbocycles. The fourth-order valence-corrected chi connectivity index (χ4v) is 4.84. The maximum absolute atomic E-state index is 14.6. The molecule has 3 rings (SSSR count). The van der Waals surface area contributed by atoms with Gasteiger partial charge in [0.2, 0.25) is 21.8 Å². The molecule has 196 valence electrons. The van der Waals surface area contributed by atoms with Crippen LogP contribution in [0.1, 0.15) is 23.6 Å². The second kappa shape index (κ2) is 12.5. The highest BCUT2D eigenvalue weighted by Gasteiger charge is 2.33. The van der Waals surface area contributed by atoms with E-state index < -0.39 is 34.3 Å². The van der Waals surface area contributed by atoms with Crippen LogP contribution in [-0.4, -0.2) is 50.5 Å². The fraction of sp³-hybridized carbons (Fsp3) is 0.286. The van der Waals surface area contributed by atoms with Gasteiger partial charge in [0.1, 0.15) is 18.4 Å². The third-order valence-corrected chi connectivity index (χ3v) is 7.02. The number of carbonyl (C=O) groups excluding carboxylic acids is 2. The minimum atomic E-state index is -4.02.